The summed E-state index contributed by atoms with van der Waals surface area (Å²) in [6.45, 7) is 7.52. The van der Waals surface area contributed by atoms with Crippen molar-refractivity contribution in [3.63, 3.8) is 0 Å². The van der Waals surface area contributed by atoms with Crippen LogP contribution in [0.2, 0.25) is 0 Å². The van der Waals surface area contributed by atoms with Crippen molar-refractivity contribution < 1.29 is 31.7 Å². The summed E-state index contributed by atoms with van der Waals surface area (Å²) in [6.07, 6.45) is -1.29. The van der Waals surface area contributed by atoms with Crippen molar-refractivity contribution in [2.24, 2.45) is 0 Å². The lowest BCUT2D eigenvalue weighted by Gasteiger charge is -2.32. The van der Waals surface area contributed by atoms with Crippen LogP contribution in [0, 0.1) is 0 Å². The zero-order valence-electron chi connectivity index (χ0n) is 16.8. The maximum Gasteiger partial charge on any atom is 0.525 e. The molecule has 2 saturated heterocycles. The fourth-order valence-corrected chi connectivity index (χ4v) is 3.29. The number of halogens is 4. The van der Waals surface area contributed by atoms with Crippen molar-refractivity contribution in [2.75, 3.05) is 13.1 Å². The predicted octanol–water partition coefficient (Wildman–Crippen LogP) is 3.38. The molecular formula is C18H24BF4N3O3. The number of amides is 1. The monoisotopic (exact) mass is 417 g/mol. The highest BCUT2D eigenvalue weighted by molar-refractivity contribution is 6.55. The van der Waals surface area contributed by atoms with Gasteiger partial charge in [-0.2, -0.15) is 18.3 Å². The van der Waals surface area contributed by atoms with Crippen molar-refractivity contribution in [3.05, 3.63) is 23.7 Å². The molecule has 2 fully saturated rings. The molecule has 11 heteroatoms. The van der Waals surface area contributed by atoms with Crippen LogP contribution in [0.25, 0.3) is 5.57 Å². The van der Waals surface area contributed by atoms with Gasteiger partial charge in [0, 0.05) is 24.8 Å². The van der Waals surface area contributed by atoms with Gasteiger partial charge in [0.2, 0.25) is 5.91 Å². The highest BCUT2D eigenvalue weighted by atomic mass is 19.4. The molecule has 160 valence electrons. The molecule has 0 spiro atoms. The van der Waals surface area contributed by atoms with Gasteiger partial charge in [0.1, 0.15) is 12.3 Å². The fraction of sp³-hybridized carbons (Fsp3) is 0.667. The van der Waals surface area contributed by atoms with E-state index in [1.54, 1.807) is 32.6 Å². The Hall–Kier alpha value is -1.88. The number of carbonyl (C=O) groups excluding carboxylic acids is 1. The van der Waals surface area contributed by atoms with E-state index in [1.807, 2.05) is 0 Å². The van der Waals surface area contributed by atoms with E-state index in [-0.39, 0.29) is 12.5 Å². The van der Waals surface area contributed by atoms with E-state index < -0.39 is 41.4 Å². The number of hydrogen-bond donors (Lipinski definition) is 0. The van der Waals surface area contributed by atoms with Gasteiger partial charge in [-0.15, -0.1) is 0 Å². The van der Waals surface area contributed by atoms with Gasteiger partial charge in [0.15, 0.2) is 0 Å². The zero-order valence-corrected chi connectivity index (χ0v) is 16.8. The molecule has 0 bridgehead atoms. The molecule has 0 atom stereocenters. The van der Waals surface area contributed by atoms with Crippen LogP contribution >= 0.6 is 0 Å². The van der Waals surface area contributed by atoms with Gasteiger partial charge >= 0.3 is 13.3 Å². The van der Waals surface area contributed by atoms with Gasteiger partial charge in [-0.05, 0) is 40.5 Å². The molecule has 3 heterocycles. The highest BCUT2D eigenvalue weighted by Crippen LogP contribution is 2.43. The lowest BCUT2D eigenvalue weighted by molar-refractivity contribution is -0.130. The van der Waals surface area contributed by atoms with Crippen molar-refractivity contribution >= 4 is 18.6 Å². The average molecular weight is 417 g/mol. The molecule has 0 unspecified atom stereocenters. The molecule has 6 nitrogen and oxygen atoms in total. The van der Waals surface area contributed by atoms with Crippen molar-refractivity contribution in [3.8, 4) is 0 Å². The summed E-state index contributed by atoms with van der Waals surface area (Å²) in [6, 6.07) is 0. The molecule has 2 aliphatic heterocycles. The van der Waals surface area contributed by atoms with E-state index in [9.17, 15) is 22.4 Å². The first-order chi connectivity index (χ1) is 13.3. The maximum absolute atomic E-state index is 15.0. The molecule has 2 aliphatic rings. The quantitative estimate of drug-likeness (QED) is 0.557. The Labute approximate surface area is 167 Å². The second kappa shape index (κ2) is 7.43. The Bertz CT molecular complexity index is 798. The van der Waals surface area contributed by atoms with E-state index in [4.69, 9.17) is 9.31 Å². The van der Waals surface area contributed by atoms with Gasteiger partial charge in [-0.25, -0.2) is 4.39 Å². The standard InChI is InChI=1S/C18H24BF4N3O3/c1-16(2)17(3,4)29-19(28-16)15(20)14(18(21,22)23)12-9-24-26(10-12)11-13(27)25-7-5-6-8-25/h9-10H,5-8,11H2,1-4H3. The second-order valence-electron chi connectivity index (χ2n) is 8.32. The zero-order chi connectivity index (χ0) is 21.6. The Morgan fingerprint density at radius 1 is 1.17 bits per heavy atom. The Kier molecular flexibility index (Phi) is 5.59. The molecular weight excluding hydrogens is 393 g/mol. The minimum absolute atomic E-state index is 0.205. The molecule has 29 heavy (non-hydrogen) atoms. The first-order valence-corrected chi connectivity index (χ1v) is 9.45. The Balaban J connectivity index is 1.87. The Morgan fingerprint density at radius 3 is 2.24 bits per heavy atom. The molecule has 0 aromatic carbocycles. The molecule has 1 aromatic rings. The summed E-state index contributed by atoms with van der Waals surface area (Å²) in [5.74, 6) is -0.235. The van der Waals surface area contributed by atoms with Crippen LogP contribution in [0.5, 0.6) is 0 Å². The maximum atomic E-state index is 15.0. The lowest BCUT2D eigenvalue weighted by Crippen LogP contribution is -2.41. The van der Waals surface area contributed by atoms with Gasteiger partial charge in [0.25, 0.3) is 0 Å². The van der Waals surface area contributed by atoms with Crippen LogP contribution in [0.1, 0.15) is 46.1 Å². The SMILES string of the molecule is CC1(C)OB(C(F)=C(c2cnn(CC(=O)N3CCCC3)c2)C(F)(F)F)OC1(C)C. The number of alkyl halides is 3. The first-order valence-electron chi connectivity index (χ1n) is 9.45. The third-order valence-electron chi connectivity index (χ3n) is 5.66. The third-order valence-corrected chi connectivity index (χ3v) is 5.66. The summed E-state index contributed by atoms with van der Waals surface area (Å²) in [5.41, 5.74) is -5.55. The lowest BCUT2D eigenvalue weighted by atomic mass is 9.83. The van der Waals surface area contributed by atoms with Crippen LogP contribution < -0.4 is 0 Å². The summed E-state index contributed by atoms with van der Waals surface area (Å²) in [7, 11) is -1.79. The van der Waals surface area contributed by atoms with Crippen molar-refractivity contribution in [2.45, 2.75) is 64.5 Å². The number of carbonyl (C=O) groups is 1. The van der Waals surface area contributed by atoms with Crippen molar-refractivity contribution in [1.29, 1.82) is 0 Å². The molecule has 0 saturated carbocycles. The highest BCUT2D eigenvalue weighted by Gasteiger charge is 2.55. The fourth-order valence-electron chi connectivity index (χ4n) is 3.29. The second-order valence-corrected chi connectivity index (χ2v) is 8.32. The number of allylic oxidation sites excluding steroid dienone is 1. The van der Waals surface area contributed by atoms with E-state index in [1.165, 1.54) is 0 Å². The summed E-state index contributed by atoms with van der Waals surface area (Å²) in [4.78, 5) is 13.8. The number of hydrogen-bond acceptors (Lipinski definition) is 4. The number of likely N-dealkylation sites (tertiary alicyclic amines) is 1. The summed E-state index contributed by atoms with van der Waals surface area (Å²) < 4.78 is 67.9. The molecule has 3 rings (SSSR count). The molecule has 0 aliphatic carbocycles. The van der Waals surface area contributed by atoms with Crippen LogP contribution in [0.4, 0.5) is 17.6 Å². The van der Waals surface area contributed by atoms with E-state index in [0.717, 1.165) is 29.9 Å². The molecule has 0 N–H and O–H groups in total. The molecule has 0 radical (unpaired) electrons. The van der Waals surface area contributed by atoms with Crippen LogP contribution in [-0.4, -0.2) is 58.2 Å². The normalized spacial score (nSPS) is 22.2. The van der Waals surface area contributed by atoms with Crippen LogP contribution in [-0.2, 0) is 20.6 Å². The average Bonchev–Trinajstić information content (AvgIpc) is 3.27. The Morgan fingerprint density at radius 2 is 1.72 bits per heavy atom. The first kappa shape index (κ1) is 21.8. The van der Waals surface area contributed by atoms with E-state index in [0.29, 0.717) is 13.1 Å². The smallest absolute Gasteiger partial charge is 0.398 e. The van der Waals surface area contributed by atoms with Gasteiger partial charge in [-0.3, -0.25) is 9.48 Å². The summed E-state index contributed by atoms with van der Waals surface area (Å²) >= 11 is 0. The van der Waals surface area contributed by atoms with Gasteiger partial charge in [-0.1, -0.05) is 0 Å². The van der Waals surface area contributed by atoms with E-state index in [2.05, 4.69) is 5.10 Å². The number of aromatic nitrogens is 2. The molecule has 1 aromatic heterocycles. The molecule has 1 amide bonds. The topological polar surface area (TPSA) is 56.6 Å². The number of nitrogens with zero attached hydrogens (tertiary/aromatic N) is 3. The number of rotatable bonds is 4. The van der Waals surface area contributed by atoms with E-state index >= 15 is 0 Å². The van der Waals surface area contributed by atoms with Crippen LogP contribution in [0.15, 0.2) is 18.1 Å². The van der Waals surface area contributed by atoms with Crippen LogP contribution in [0.3, 0.4) is 0 Å². The third kappa shape index (κ3) is 4.35. The van der Waals surface area contributed by atoms with Gasteiger partial charge < -0.3 is 14.2 Å². The predicted molar refractivity (Wildman–Crippen MR) is 98.2 cm³/mol. The van der Waals surface area contributed by atoms with Crippen molar-refractivity contribution in [1.82, 2.24) is 14.7 Å². The minimum Gasteiger partial charge on any atom is -0.398 e. The minimum atomic E-state index is -5.00. The van der Waals surface area contributed by atoms with Gasteiger partial charge in [0.05, 0.1) is 23.0 Å². The summed E-state index contributed by atoms with van der Waals surface area (Å²) in [5, 5.41) is 3.81. The largest absolute Gasteiger partial charge is 0.525 e.